The van der Waals surface area contributed by atoms with Gasteiger partial charge in [-0.1, -0.05) is 253 Å². The lowest BCUT2D eigenvalue weighted by molar-refractivity contribution is -0.870. The normalized spacial score (nSPS) is 14.6. The third-order valence-corrected chi connectivity index (χ3v) is 13.5. The second-order valence-corrected chi connectivity index (χ2v) is 22.0. The van der Waals surface area contributed by atoms with Gasteiger partial charge < -0.3 is 28.8 Å². The molecule has 0 saturated heterocycles. The van der Waals surface area contributed by atoms with Gasteiger partial charge in [0, 0.05) is 6.42 Å². The highest BCUT2D eigenvalue weighted by atomic mass is 31.2. The maximum absolute atomic E-state index is 12.8. The summed E-state index contributed by atoms with van der Waals surface area (Å²) in [5, 5.41) is 13.7. The SMILES string of the molecule is CC/C=C\C/C=C\C/C=C\C/C=C\C/C=C\CCCCCCCCCCCCCCCCCCCCCCCCCCCC(=O)NC(COP(=O)([O-])OCC[N+](C)(C)C)C(O)/C=C/CC/C=C/CCC. The molecule has 70 heavy (non-hydrogen) atoms. The van der Waals surface area contributed by atoms with E-state index in [0.29, 0.717) is 17.4 Å². The predicted octanol–water partition coefficient (Wildman–Crippen LogP) is 17.0. The van der Waals surface area contributed by atoms with Crippen molar-refractivity contribution in [2.75, 3.05) is 40.9 Å². The van der Waals surface area contributed by atoms with Crippen LogP contribution in [0.5, 0.6) is 0 Å². The lowest BCUT2D eigenvalue weighted by Gasteiger charge is -2.29. The number of quaternary nitrogens is 1. The van der Waals surface area contributed by atoms with Crippen LogP contribution in [0.2, 0.25) is 0 Å². The number of allylic oxidation sites excluding steroid dienone is 13. The zero-order valence-corrected chi connectivity index (χ0v) is 47.1. The number of unbranched alkanes of at least 4 members (excludes halogenated alkanes) is 27. The highest BCUT2D eigenvalue weighted by Gasteiger charge is 2.23. The van der Waals surface area contributed by atoms with Crippen LogP contribution in [0.3, 0.4) is 0 Å². The van der Waals surface area contributed by atoms with Crippen molar-refractivity contribution < 1.29 is 32.9 Å². The Labute approximate surface area is 433 Å². The highest BCUT2D eigenvalue weighted by molar-refractivity contribution is 7.45. The Morgan fingerprint density at radius 3 is 1.31 bits per heavy atom. The number of nitrogens with zero attached hydrogens (tertiary/aromatic N) is 1. The minimum Gasteiger partial charge on any atom is -0.756 e. The standard InChI is InChI=1S/C61H111N2O6P/c1-6-8-10-12-14-15-16-17-18-19-20-21-22-23-24-25-26-27-28-29-30-31-32-33-34-35-36-37-38-39-40-41-42-43-44-45-46-47-49-51-53-55-61(65)62-59(60(64)54-52-50-48-13-11-9-7-2)58-69-70(66,67)68-57-56-63(3,4)5/h8,10-11,13-15,17-18,20-21,23-24,52,54,59-60,64H,6-7,9,12,16,19,22,25-51,53,55-58H2,1-5H3,(H-,62,65,66,67)/b10-8-,13-11+,15-14-,18-17-,21-20-,24-23-,54-52+. The van der Waals surface area contributed by atoms with Crippen molar-refractivity contribution in [1.82, 2.24) is 5.32 Å². The molecule has 0 heterocycles. The molecule has 1 amide bonds. The fourth-order valence-corrected chi connectivity index (χ4v) is 8.81. The number of phosphoric ester groups is 1. The van der Waals surface area contributed by atoms with Crippen molar-refractivity contribution in [2.24, 2.45) is 0 Å². The average Bonchev–Trinajstić information content (AvgIpc) is 3.32. The molecular weight excluding hydrogens is 888 g/mol. The largest absolute Gasteiger partial charge is 0.756 e. The van der Waals surface area contributed by atoms with Crippen LogP contribution in [0.15, 0.2) is 85.1 Å². The summed E-state index contributed by atoms with van der Waals surface area (Å²) in [6.45, 7) is 4.40. The second kappa shape index (κ2) is 51.6. The summed E-state index contributed by atoms with van der Waals surface area (Å²) in [4.78, 5) is 25.3. The number of carbonyl (C=O) groups is 1. The lowest BCUT2D eigenvalue weighted by Crippen LogP contribution is -2.45. The molecule has 0 aromatic heterocycles. The summed E-state index contributed by atoms with van der Waals surface area (Å²) >= 11 is 0. The number of amides is 1. The quantitative estimate of drug-likeness (QED) is 0.0272. The molecule has 0 aromatic carbocycles. The number of aliphatic hydroxyl groups is 1. The van der Waals surface area contributed by atoms with Gasteiger partial charge in [-0.15, -0.1) is 0 Å². The van der Waals surface area contributed by atoms with Gasteiger partial charge in [0.25, 0.3) is 7.82 Å². The molecule has 0 bridgehead atoms. The monoisotopic (exact) mass is 999 g/mol. The van der Waals surface area contributed by atoms with E-state index in [2.05, 4.69) is 92.1 Å². The molecule has 0 aliphatic carbocycles. The first-order chi connectivity index (χ1) is 34.0. The topological polar surface area (TPSA) is 108 Å². The number of phosphoric acid groups is 1. The zero-order valence-electron chi connectivity index (χ0n) is 46.2. The maximum Gasteiger partial charge on any atom is 0.268 e. The van der Waals surface area contributed by atoms with E-state index in [1.165, 1.54) is 148 Å². The lowest BCUT2D eigenvalue weighted by atomic mass is 10.0. The molecular formula is C61H111N2O6P. The summed E-state index contributed by atoms with van der Waals surface area (Å²) in [7, 11) is 1.24. The van der Waals surface area contributed by atoms with Crippen molar-refractivity contribution in [3.63, 3.8) is 0 Å². The van der Waals surface area contributed by atoms with Gasteiger partial charge in [-0.2, -0.15) is 0 Å². The van der Waals surface area contributed by atoms with Crippen molar-refractivity contribution in [3.8, 4) is 0 Å². The van der Waals surface area contributed by atoms with Gasteiger partial charge in [0.2, 0.25) is 5.91 Å². The molecule has 0 spiro atoms. The maximum atomic E-state index is 12.8. The van der Waals surface area contributed by atoms with Crippen LogP contribution in [0.4, 0.5) is 0 Å². The minimum atomic E-state index is -4.59. The Bertz CT molecular complexity index is 1410. The number of likely N-dealkylation sites (N-methyl/N-ethyl adjacent to an activating group) is 1. The molecule has 0 aromatic rings. The fourth-order valence-electron chi connectivity index (χ4n) is 8.09. The Kier molecular flexibility index (Phi) is 49.9. The molecule has 0 rings (SSSR count). The average molecular weight is 1000 g/mol. The van der Waals surface area contributed by atoms with Crippen LogP contribution in [0.1, 0.15) is 245 Å². The zero-order chi connectivity index (χ0) is 51.3. The van der Waals surface area contributed by atoms with Crippen molar-refractivity contribution in [1.29, 1.82) is 0 Å². The van der Waals surface area contributed by atoms with Crippen molar-refractivity contribution in [3.05, 3.63) is 85.1 Å². The van der Waals surface area contributed by atoms with E-state index < -0.39 is 26.6 Å². The summed E-state index contributed by atoms with van der Waals surface area (Å²) in [5.74, 6) is -0.211. The van der Waals surface area contributed by atoms with Gasteiger partial charge in [0.15, 0.2) is 0 Å². The van der Waals surface area contributed by atoms with Crippen LogP contribution in [0.25, 0.3) is 0 Å². The minimum absolute atomic E-state index is 0.00770. The van der Waals surface area contributed by atoms with E-state index in [-0.39, 0.29) is 12.5 Å². The molecule has 0 aliphatic heterocycles. The molecule has 0 saturated carbocycles. The predicted molar refractivity (Wildman–Crippen MR) is 302 cm³/mol. The second-order valence-electron chi connectivity index (χ2n) is 20.6. The smallest absolute Gasteiger partial charge is 0.268 e. The van der Waals surface area contributed by atoms with Gasteiger partial charge in [0.1, 0.15) is 13.2 Å². The van der Waals surface area contributed by atoms with E-state index >= 15 is 0 Å². The van der Waals surface area contributed by atoms with Gasteiger partial charge in [-0.25, -0.2) is 0 Å². The van der Waals surface area contributed by atoms with Crippen molar-refractivity contribution in [2.45, 2.75) is 257 Å². The van der Waals surface area contributed by atoms with Gasteiger partial charge in [0.05, 0.1) is 39.9 Å². The third-order valence-electron chi connectivity index (χ3n) is 12.6. The summed E-state index contributed by atoms with van der Waals surface area (Å²) < 4.78 is 23.1. The molecule has 406 valence electrons. The van der Waals surface area contributed by atoms with E-state index in [4.69, 9.17) is 9.05 Å². The van der Waals surface area contributed by atoms with Crippen LogP contribution >= 0.6 is 7.82 Å². The molecule has 3 atom stereocenters. The Balaban J connectivity index is 3.75. The van der Waals surface area contributed by atoms with E-state index in [1.807, 2.05) is 27.2 Å². The molecule has 3 unspecified atom stereocenters. The Hall–Kier alpha value is -2.32. The Morgan fingerprint density at radius 2 is 0.886 bits per heavy atom. The number of hydrogen-bond donors (Lipinski definition) is 2. The number of rotatable bonds is 52. The number of hydrogen-bond acceptors (Lipinski definition) is 6. The first-order valence-electron chi connectivity index (χ1n) is 28.9. The van der Waals surface area contributed by atoms with Crippen LogP contribution < -0.4 is 10.2 Å². The van der Waals surface area contributed by atoms with E-state index in [9.17, 15) is 19.4 Å². The van der Waals surface area contributed by atoms with Gasteiger partial charge in [-0.3, -0.25) is 9.36 Å². The molecule has 0 fully saturated rings. The molecule has 0 radical (unpaired) electrons. The number of aliphatic hydroxyl groups excluding tert-OH is 1. The number of carbonyl (C=O) groups excluding carboxylic acids is 1. The van der Waals surface area contributed by atoms with E-state index in [1.54, 1.807) is 6.08 Å². The van der Waals surface area contributed by atoms with Crippen LogP contribution in [-0.4, -0.2) is 68.5 Å². The first kappa shape index (κ1) is 67.7. The van der Waals surface area contributed by atoms with Gasteiger partial charge >= 0.3 is 0 Å². The molecule has 8 nitrogen and oxygen atoms in total. The van der Waals surface area contributed by atoms with E-state index in [0.717, 1.165) is 77.0 Å². The van der Waals surface area contributed by atoms with Gasteiger partial charge in [-0.05, 0) is 70.6 Å². The molecule has 2 N–H and O–H groups in total. The van der Waals surface area contributed by atoms with Crippen LogP contribution in [0, 0.1) is 0 Å². The molecule has 9 heteroatoms. The fraction of sp³-hybridized carbons (Fsp3) is 0.754. The molecule has 0 aliphatic rings. The summed E-state index contributed by atoms with van der Waals surface area (Å²) in [5.41, 5.74) is 0. The third kappa shape index (κ3) is 53.5. The first-order valence-corrected chi connectivity index (χ1v) is 30.4. The number of nitrogens with one attached hydrogen (secondary N) is 1. The Morgan fingerprint density at radius 1 is 0.514 bits per heavy atom. The summed E-state index contributed by atoms with van der Waals surface area (Å²) in [6, 6.07) is -0.901. The summed E-state index contributed by atoms with van der Waals surface area (Å²) in [6.07, 6.45) is 73.1. The van der Waals surface area contributed by atoms with Crippen LogP contribution in [-0.2, 0) is 18.4 Å². The van der Waals surface area contributed by atoms with Crippen molar-refractivity contribution >= 4 is 13.7 Å². The highest BCUT2D eigenvalue weighted by Crippen LogP contribution is 2.38.